The Hall–Kier alpha value is -1.26. The van der Waals surface area contributed by atoms with Gasteiger partial charge < -0.3 is 15.0 Å². The Bertz CT molecular complexity index is 363. The number of nitrogens with zero attached hydrogens (tertiary/aromatic N) is 1. The van der Waals surface area contributed by atoms with Crippen molar-refractivity contribution in [2.75, 3.05) is 13.1 Å². The molecule has 0 aromatic carbocycles. The number of amides is 2. The fourth-order valence-electron chi connectivity index (χ4n) is 2.52. The van der Waals surface area contributed by atoms with Gasteiger partial charge in [-0.2, -0.15) is 0 Å². The third kappa shape index (κ3) is 6.82. The molecule has 2 amide bonds. The number of likely N-dealkylation sites (tertiary alicyclic amines) is 1. The monoisotopic (exact) mass is 298 g/mol. The topological polar surface area (TPSA) is 58.6 Å². The lowest BCUT2D eigenvalue weighted by Gasteiger charge is -2.37. The second-order valence-corrected chi connectivity index (χ2v) is 7.11. The highest BCUT2D eigenvalue weighted by molar-refractivity contribution is 5.76. The number of ether oxygens (including phenoxy) is 1. The van der Waals surface area contributed by atoms with Crippen molar-refractivity contribution in [1.29, 1.82) is 0 Å². The molecule has 0 bridgehead atoms. The van der Waals surface area contributed by atoms with Crippen LogP contribution in [0.15, 0.2) is 0 Å². The lowest BCUT2D eigenvalue weighted by Crippen LogP contribution is -2.45. The van der Waals surface area contributed by atoms with Crippen molar-refractivity contribution in [3.63, 3.8) is 0 Å². The predicted octanol–water partition coefficient (Wildman–Crippen LogP) is 2.94. The highest BCUT2D eigenvalue weighted by Crippen LogP contribution is 2.22. The second kappa shape index (κ2) is 7.66. The van der Waals surface area contributed by atoms with E-state index in [0.717, 1.165) is 13.0 Å². The first-order valence-corrected chi connectivity index (χ1v) is 7.95. The van der Waals surface area contributed by atoms with Crippen LogP contribution in [0.2, 0.25) is 0 Å². The number of hydrogen-bond donors (Lipinski definition) is 1. The summed E-state index contributed by atoms with van der Waals surface area (Å²) in [4.78, 5) is 25.7. The largest absolute Gasteiger partial charge is 0.444 e. The average molecular weight is 298 g/mol. The van der Waals surface area contributed by atoms with Gasteiger partial charge >= 0.3 is 6.09 Å². The summed E-state index contributed by atoms with van der Waals surface area (Å²) in [7, 11) is 0. The van der Waals surface area contributed by atoms with E-state index < -0.39 is 11.7 Å². The Balaban J connectivity index is 2.23. The molecule has 0 aromatic heterocycles. The number of carbonyl (C=O) groups excluding carboxylic acids is 2. The van der Waals surface area contributed by atoms with Crippen LogP contribution in [0.1, 0.15) is 60.3 Å². The summed E-state index contributed by atoms with van der Waals surface area (Å²) in [5.74, 6) is 0.782. The fraction of sp³-hybridized carbons (Fsp3) is 0.875. The van der Waals surface area contributed by atoms with E-state index in [1.807, 2.05) is 25.7 Å². The van der Waals surface area contributed by atoms with Crippen LogP contribution in [0.25, 0.3) is 0 Å². The van der Waals surface area contributed by atoms with E-state index in [9.17, 15) is 9.59 Å². The van der Waals surface area contributed by atoms with Crippen LogP contribution in [0.5, 0.6) is 0 Å². The Morgan fingerprint density at radius 3 is 2.52 bits per heavy atom. The Labute approximate surface area is 128 Å². The first kappa shape index (κ1) is 17.8. The standard InChI is InChI=1S/C16H30N2O3/c1-12-8-9-13(2)18(11-12)14(19)7-6-10-17-15(20)21-16(3,4)5/h12-13H,6-11H2,1-5H3,(H,17,20). The van der Waals surface area contributed by atoms with Gasteiger partial charge in [-0.05, 0) is 52.9 Å². The van der Waals surface area contributed by atoms with Crippen molar-refractivity contribution >= 4 is 12.0 Å². The molecule has 1 N–H and O–H groups in total. The average Bonchev–Trinajstić information content (AvgIpc) is 2.35. The van der Waals surface area contributed by atoms with Gasteiger partial charge in [0.15, 0.2) is 0 Å². The van der Waals surface area contributed by atoms with Gasteiger partial charge in [-0.1, -0.05) is 6.92 Å². The van der Waals surface area contributed by atoms with E-state index in [2.05, 4.69) is 19.2 Å². The summed E-state index contributed by atoms with van der Waals surface area (Å²) in [6, 6.07) is 0.340. The van der Waals surface area contributed by atoms with Crippen LogP contribution in [-0.2, 0) is 9.53 Å². The minimum absolute atomic E-state index is 0.194. The van der Waals surface area contributed by atoms with Gasteiger partial charge in [0.1, 0.15) is 5.60 Å². The zero-order valence-electron chi connectivity index (χ0n) is 14.1. The van der Waals surface area contributed by atoms with Crippen LogP contribution in [0.3, 0.4) is 0 Å². The molecule has 0 saturated carbocycles. The molecular weight excluding hydrogens is 268 g/mol. The normalized spacial score (nSPS) is 22.8. The van der Waals surface area contributed by atoms with Gasteiger partial charge in [-0.25, -0.2) is 4.79 Å². The molecule has 0 aliphatic carbocycles. The SMILES string of the molecule is CC1CCC(C)N(C(=O)CCCNC(=O)OC(C)(C)C)C1. The molecule has 1 rings (SSSR count). The number of piperidine rings is 1. The highest BCUT2D eigenvalue weighted by Gasteiger charge is 2.26. The molecule has 1 aliphatic rings. The van der Waals surface area contributed by atoms with E-state index in [1.54, 1.807) is 0 Å². The molecule has 2 unspecified atom stereocenters. The van der Waals surface area contributed by atoms with E-state index in [1.165, 1.54) is 6.42 Å². The number of alkyl carbamates (subject to hydrolysis) is 1. The van der Waals surface area contributed by atoms with E-state index in [-0.39, 0.29) is 5.91 Å². The first-order chi connectivity index (χ1) is 9.69. The van der Waals surface area contributed by atoms with Gasteiger partial charge in [0.2, 0.25) is 5.91 Å². The highest BCUT2D eigenvalue weighted by atomic mass is 16.6. The second-order valence-electron chi connectivity index (χ2n) is 7.11. The van der Waals surface area contributed by atoms with Crippen molar-refractivity contribution in [3.05, 3.63) is 0 Å². The van der Waals surface area contributed by atoms with E-state index in [4.69, 9.17) is 4.74 Å². The van der Waals surface area contributed by atoms with E-state index >= 15 is 0 Å². The molecule has 1 heterocycles. The lowest BCUT2D eigenvalue weighted by molar-refractivity contribution is -0.135. The summed E-state index contributed by atoms with van der Waals surface area (Å²) in [6.45, 7) is 11.1. The van der Waals surface area contributed by atoms with Crippen LogP contribution in [0, 0.1) is 5.92 Å². The number of hydrogen-bond acceptors (Lipinski definition) is 3. The molecule has 1 aliphatic heterocycles. The molecule has 0 radical (unpaired) electrons. The quantitative estimate of drug-likeness (QED) is 0.812. The molecule has 5 heteroatoms. The third-order valence-electron chi connectivity index (χ3n) is 3.67. The molecule has 5 nitrogen and oxygen atoms in total. The molecule has 1 saturated heterocycles. The van der Waals surface area contributed by atoms with Crippen LogP contribution < -0.4 is 5.32 Å². The van der Waals surface area contributed by atoms with Gasteiger partial charge in [0.05, 0.1) is 0 Å². The summed E-state index contributed by atoms with van der Waals surface area (Å²) in [6.07, 6.45) is 2.99. The zero-order valence-corrected chi connectivity index (χ0v) is 14.1. The van der Waals surface area contributed by atoms with Crippen molar-refractivity contribution in [2.45, 2.75) is 71.9 Å². The Kier molecular flexibility index (Phi) is 6.49. The number of rotatable bonds is 4. The van der Waals surface area contributed by atoms with Gasteiger partial charge in [0.25, 0.3) is 0 Å². The van der Waals surface area contributed by atoms with Gasteiger partial charge in [-0.3, -0.25) is 4.79 Å². The summed E-state index contributed by atoms with van der Waals surface area (Å²) < 4.78 is 5.15. The molecule has 0 spiro atoms. The van der Waals surface area contributed by atoms with Crippen molar-refractivity contribution in [2.24, 2.45) is 5.92 Å². The third-order valence-corrected chi connectivity index (χ3v) is 3.67. The van der Waals surface area contributed by atoms with Gasteiger partial charge in [-0.15, -0.1) is 0 Å². The summed E-state index contributed by atoms with van der Waals surface area (Å²) in [5, 5.41) is 2.69. The molecule has 21 heavy (non-hydrogen) atoms. The van der Waals surface area contributed by atoms with Crippen LogP contribution >= 0.6 is 0 Å². The van der Waals surface area contributed by atoms with E-state index in [0.29, 0.717) is 31.3 Å². The Morgan fingerprint density at radius 1 is 1.24 bits per heavy atom. The maximum atomic E-state index is 12.2. The maximum absolute atomic E-state index is 12.2. The maximum Gasteiger partial charge on any atom is 0.407 e. The number of carbonyl (C=O) groups is 2. The molecule has 122 valence electrons. The van der Waals surface area contributed by atoms with Gasteiger partial charge in [0, 0.05) is 25.6 Å². The van der Waals surface area contributed by atoms with Crippen LogP contribution in [0.4, 0.5) is 4.79 Å². The number of nitrogens with one attached hydrogen (secondary N) is 1. The first-order valence-electron chi connectivity index (χ1n) is 7.95. The smallest absolute Gasteiger partial charge is 0.407 e. The van der Waals surface area contributed by atoms with Crippen molar-refractivity contribution in [1.82, 2.24) is 10.2 Å². The van der Waals surface area contributed by atoms with Crippen molar-refractivity contribution in [3.8, 4) is 0 Å². The fourth-order valence-corrected chi connectivity index (χ4v) is 2.52. The van der Waals surface area contributed by atoms with Crippen LogP contribution in [-0.4, -0.2) is 41.6 Å². The summed E-state index contributed by atoms with van der Waals surface area (Å²) >= 11 is 0. The van der Waals surface area contributed by atoms with Crippen molar-refractivity contribution < 1.29 is 14.3 Å². The Morgan fingerprint density at radius 2 is 1.90 bits per heavy atom. The molecule has 0 aromatic rings. The zero-order chi connectivity index (χ0) is 16.0. The predicted molar refractivity (Wildman–Crippen MR) is 83.0 cm³/mol. The minimum atomic E-state index is -0.487. The lowest BCUT2D eigenvalue weighted by atomic mass is 9.94. The summed E-state index contributed by atoms with van der Waals surface area (Å²) in [5.41, 5.74) is -0.487. The molecule has 1 fully saturated rings. The molecular formula is C16H30N2O3. The molecule has 2 atom stereocenters. The minimum Gasteiger partial charge on any atom is -0.444 e.